The average Bonchev–Trinajstić information content (AvgIpc) is 2.23. The molecule has 0 aliphatic heterocycles. The molecule has 0 aliphatic rings. The molecule has 18 heavy (non-hydrogen) atoms. The van der Waals surface area contributed by atoms with Crippen molar-refractivity contribution in [2.75, 3.05) is 31.7 Å². The molecule has 0 aromatic heterocycles. The highest BCUT2D eigenvalue weighted by atomic mass is 16.5. The van der Waals surface area contributed by atoms with E-state index in [1.54, 1.807) is 0 Å². The van der Waals surface area contributed by atoms with Crippen LogP contribution in [0.5, 0.6) is 5.75 Å². The summed E-state index contributed by atoms with van der Waals surface area (Å²) in [5, 5.41) is 3.38. The normalized spacial score (nSPS) is 12.8. The van der Waals surface area contributed by atoms with Crippen LogP contribution in [-0.2, 0) is 0 Å². The Kier molecular flexibility index (Phi) is 5.28. The zero-order valence-electron chi connectivity index (χ0n) is 12.0. The van der Waals surface area contributed by atoms with E-state index >= 15 is 0 Å². The molecule has 0 spiro atoms. The van der Waals surface area contributed by atoms with E-state index in [-0.39, 0.29) is 6.10 Å². The first-order valence-corrected chi connectivity index (χ1v) is 6.36. The molecule has 0 radical (unpaired) electrons. The number of nitrogens with one attached hydrogen (secondary N) is 1. The summed E-state index contributed by atoms with van der Waals surface area (Å²) in [4.78, 5) is 2.17. The maximum absolute atomic E-state index is 5.87. The predicted octanol–water partition coefficient (Wildman–Crippen LogP) is 2.42. The zero-order chi connectivity index (χ0) is 13.7. The van der Waals surface area contributed by atoms with Gasteiger partial charge in [0.05, 0.1) is 6.10 Å². The van der Waals surface area contributed by atoms with Crippen LogP contribution in [0.1, 0.15) is 20.8 Å². The first kappa shape index (κ1) is 14.6. The highest BCUT2D eigenvalue weighted by Gasteiger charge is 2.06. The maximum Gasteiger partial charge on any atom is 0.123 e. The van der Waals surface area contributed by atoms with Crippen LogP contribution in [0.25, 0.3) is 0 Å². The Morgan fingerprint density at radius 1 is 1.22 bits per heavy atom. The molecule has 0 aliphatic carbocycles. The second kappa shape index (κ2) is 6.50. The molecule has 1 aromatic carbocycles. The van der Waals surface area contributed by atoms with Gasteiger partial charge in [-0.1, -0.05) is 0 Å². The first-order chi connectivity index (χ1) is 8.38. The van der Waals surface area contributed by atoms with Gasteiger partial charge in [0.2, 0.25) is 0 Å². The standard InChI is InChI=1S/C14H25N3O/c1-10(2)18-14-7-12(15)6-13(8-14)16-9-11(3)17(4)5/h6-8,10-11,16H,9,15H2,1-5H3. The topological polar surface area (TPSA) is 50.5 Å². The molecule has 0 fully saturated rings. The lowest BCUT2D eigenvalue weighted by atomic mass is 10.2. The number of nitrogen functional groups attached to an aromatic ring is 1. The van der Waals surface area contributed by atoms with E-state index in [9.17, 15) is 0 Å². The quantitative estimate of drug-likeness (QED) is 0.762. The summed E-state index contributed by atoms with van der Waals surface area (Å²) in [5.41, 5.74) is 7.59. The van der Waals surface area contributed by atoms with Gasteiger partial charge in [0.25, 0.3) is 0 Å². The number of benzene rings is 1. The molecular formula is C14H25N3O. The molecule has 1 atom stereocenters. The van der Waals surface area contributed by atoms with Crippen LogP contribution in [0.15, 0.2) is 18.2 Å². The maximum atomic E-state index is 5.87. The Bertz CT molecular complexity index is 377. The average molecular weight is 251 g/mol. The van der Waals surface area contributed by atoms with Gasteiger partial charge in [-0.25, -0.2) is 0 Å². The Morgan fingerprint density at radius 2 is 1.89 bits per heavy atom. The van der Waals surface area contributed by atoms with Gasteiger partial charge >= 0.3 is 0 Å². The SMILES string of the molecule is CC(C)Oc1cc(N)cc(NCC(C)N(C)C)c1. The molecule has 1 unspecified atom stereocenters. The van der Waals surface area contributed by atoms with Gasteiger partial charge in [-0.3, -0.25) is 0 Å². The van der Waals surface area contributed by atoms with Gasteiger partial charge < -0.3 is 20.7 Å². The number of hydrogen-bond donors (Lipinski definition) is 2. The van der Waals surface area contributed by atoms with Crippen LogP contribution in [0.4, 0.5) is 11.4 Å². The fourth-order valence-electron chi connectivity index (χ4n) is 1.51. The number of nitrogens with two attached hydrogens (primary N) is 1. The Balaban J connectivity index is 2.68. The minimum Gasteiger partial charge on any atom is -0.491 e. The largest absolute Gasteiger partial charge is 0.491 e. The molecule has 0 heterocycles. The van der Waals surface area contributed by atoms with Gasteiger partial charge in [0.1, 0.15) is 5.75 Å². The second-order valence-electron chi connectivity index (χ2n) is 5.15. The summed E-state index contributed by atoms with van der Waals surface area (Å²) in [5.74, 6) is 0.810. The molecule has 0 bridgehead atoms. The second-order valence-corrected chi connectivity index (χ2v) is 5.15. The fraction of sp³-hybridized carbons (Fsp3) is 0.571. The zero-order valence-corrected chi connectivity index (χ0v) is 12.0. The van der Waals surface area contributed by atoms with Gasteiger partial charge in [0, 0.05) is 36.1 Å². The number of anilines is 2. The summed E-state index contributed by atoms with van der Waals surface area (Å²) >= 11 is 0. The van der Waals surface area contributed by atoms with Crippen molar-refractivity contribution >= 4 is 11.4 Å². The molecule has 3 N–H and O–H groups in total. The molecule has 1 aromatic rings. The van der Waals surface area contributed by atoms with Crippen molar-refractivity contribution in [1.82, 2.24) is 4.90 Å². The summed E-state index contributed by atoms with van der Waals surface area (Å²) in [7, 11) is 4.14. The number of nitrogens with zero attached hydrogens (tertiary/aromatic N) is 1. The lowest BCUT2D eigenvalue weighted by molar-refractivity contribution is 0.242. The fourth-order valence-corrected chi connectivity index (χ4v) is 1.51. The molecule has 0 amide bonds. The van der Waals surface area contributed by atoms with Crippen LogP contribution >= 0.6 is 0 Å². The van der Waals surface area contributed by atoms with Gasteiger partial charge in [0.15, 0.2) is 0 Å². The molecule has 4 heteroatoms. The summed E-state index contributed by atoms with van der Waals surface area (Å²) < 4.78 is 5.66. The Morgan fingerprint density at radius 3 is 2.44 bits per heavy atom. The van der Waals surface area contributed by atoms with Crippen LogP contribution < -0.4 is 15.8 Å². The molecule has 102 valence electrons. The molecule has 0 saturated heterocycles. The van der Waals surface area contributed by atoms with Gasteiger partial charge in [-0.15, -0.1) is 0 Å². The minimum absolute atomic E-state index is 0.153. The van der Waals surface area contributed by atoms with E-state index in [4.69, 9.17) is 10.5 Å². The van der Waals surface area contributed by atoms with Crippen LogP contribution in [0, 0.1) is 0 Å². The van der Waals surface area contributed by atoms with Crippen molar-refractivity contribution in [1.29, 1.82) is 0 Å². The van der Waals surface area contributed by atoms with Gasteiger partial charge in [-0.2, -0.15) is 0 Å². The number of hydrogen-bond acceptors (Lipinski definition) is 4. The van der Waals surface area contributed by atoms with E-state index in [1.807, 2.05) is 32.0 Å². The lowest BCUT2D eigenvalue weighted by Crippen LogP contribution is -2.31. The highest BCUT2D eigenvalue weighted by molar-refractivity contribution is 5.59. The van der Waals surface area contributed by atoms with Crippen molar-refractivity contribution in [3.8, 4) is 5.75 Å². The lowest BCUT2D eigenvalue weighted by Gasteiger charge is -2.21. The van der Waals surface area contributed by atoms with Crippen molar-refractivity contribution in [2.45, 2.75) is 32.9 Å². The monoisotopic (exact) mass is 251 g/mol. The third kappa shape index (κ3) is 4.84. The molecule has 4 nitrogen and oxygen atoms in total. The summed E-state index contributed by atoms with van der Waals surface area (Å²) in [6.07, 6.45) is 0.153. The first-order valence-electron chi connectivity index (χ1n) is 6.36. The predicted molar refractivity (Wildman–Crippen MR) is 78.3 cm³/mol. The third-order valence-corrected chi connectivity index (χ3v) is 2.78. The smallest absolute Gasteiger partial charge is 0.123 e. The van der Waals surface area contributed by atoms with E-state index < -0.39 is 0 Å². The molecule has 0 saturated carbocycles. The van der Waals surface area contributed by atoms with Crippen molar-refractivity contribution in [3.63, 3.8) is 0 Å². The third-order valence-electron chi connectivity index (χ3n) is 2.78. The van der Waals surface area contributed by atoms with Crippen LogP contribution in [0.2, 0.25) is 0 Å². The minimum atomic E-state index is 0.153. The molecular weight excluding hydrogens is 226 g/mol. The van der Waals surface area contributed by atoms with E-state index in [0.717, 1.165) is 18.0 Å². The summed E-state index contributed by atoms with van der Waals surface area (Å²) in [6.45, 7) is 7.05. The van der Waals surface area contributed by atoms with Crippen molar-refractivity contribution in [3.05, 3.63) is 18.2 Å². The van der Waals surface area contributed by atoms with Gasteiger partial charge in [-0.05, 0) is 40.9 Å². The number of likely N-dealkylation sites (N-methyl/N-ethyl adjacent to an activating group) is 1. The Hall–Kier alpha value is -1.42. The Labute approximate surface area is 110 Å². The van der Waals surface area contributed by atoms with E-state index in [2.05, 4.69) is 31.2 Å². The van der Waals surface area contributed by atoms with E-state index in [1.165, 1.54) is 0 Å². The molecule has 1 rings (SSSR count). The van der Waals surface area contributed by atoms with Crippen molar-refractivity contribution < 1.29 is 4.74 Å². The number of rotatable bonds is 6. The van der Waals surface area contributed by atoms with Crippen LogP contribution in [0.3, 0.4) is 0 Å². The van der Waals surface area contributed by atoms with Crippen LogP contribution in [-0.4, -0.2) is 37.7 Å². The number of ether oxygens (including phenoxy) is 1. The summed E-state index contributed by atoms with van der Waals surface area (Å²) in [6, 6.07) is 6.22. The highest BCUT2D eigenvalue weighted by Crippen LogP contribution is 2.23. The van der Waals surface area contributed by atoms with Crippen molar-refractivity contribution in [2.24, 2.45) is 0 Å². The van der Waals surface area contributed by atoms with E-state index in [0.29, 0.717) is 11.7 Å².